The van der Waals surface area contributed by atoms with Crippen LogP contribution in [0.15, 0.2) is 12.4 Å². The Hall–Kier alpha value is -0.660. The van der Waals surface area contributed by atoms with Crippen LogP contribution in [0.2, 0.25) is 0 Å². The van der Waals surface area contributed by atoms with E-state index >= 15 is 0 Å². The minimum Gasteiger partial charge on any atom is -0.386 e. The lowest BCUT2D eigenvalue weighted by Gasteiger charge is -1.97. The lowest BCUT2D eigenvalue weighted by atomic mass is 10.6. The zero-order valence-electron chi connectivity index (χ0n) is 4.28. The van der Waals surface area contributed by atoms with Crippen molar-refractivity contribution in [1.29, 1.82) is 0 Å². The van der Waals surface area contributed by atoms with E-state index in [9.17, 15) is 0 Å². The molecule has 0 aromatic heterocycles. The molecule has 0 heterocycles. The van der Waals surface area contributed by atoms with E-state index in [1.165, 1.54) is 12.8 Å². The highest BCUT2D eigenvalue weighted by Gasteiger charge is 2.19. The van der Waals surface area contributed by atoms with Crippen molar-refractivity contribution in [2.24, 2.45) is 5.73 Å². The van der Waals surface area contributed by atoms with E-state index in [1.807, 2.05) is 0 Å². The molecule has 40 valence electrons. The molecule has 0 spiro atoms. The van der Waals surface area contributed by atoms with Gasteiger partial charge in [0.25, 0.3) is 0 Å². The van der Waals surface area contributed by atoms with Crippen LogP contribution < -0.4 is 11.1 Å². The molecule has 0 aliphatic heterocycles. The molecular weight excluding hydrogens is 88.1 g/mol. The molecule has 0 radical (unpaired) electrons. The highest BCUT2D eigenvalue weighted by Crippen LogP contribution is 2.18. The fraction of sp³-hybridized carbons (Fsp3) is 0.600. The van der Waals surface area contributed by atoms with Gasteiger partial charge in [0.05, 0.1) is 5.82 Å². The molecular formula is C5H10N2. The van der Waals surface area contributed by atoms with Crippen molar-refractivity contribution >= 4 is 0 Å². The Kier molecular flexibility index (Phi) is 0.929. The van der Waals surface area contributed by atoms with Gasteiger partial charge in [-0.1, -0.05) is 6.58 Å². The number of nitrogens with two attached hydrogens (primary N) is 1. The lowest BCUT2D eigenvalue weighted by Crippen LogP contribution is -2.20. The molecule has 1 fully saturated rings. The van der Waals surface area contributed by atoms with Gasteiger partial charge in [0.15, 0.2) is 0 Å². The molecule has 0 atom stereocenters. The lowest BCUT2D eigenvalue weighted by molar-refractivity contribution is 0.797. The van der Waals surface area contributed by atoms with E-state index in [4.69, 9.17) is 5.73 Å². The average molecular weight is 98.1 g/mol. The van der Waals surface area contributed by atoms with Crippen LogP contribution in [0, 0.1) is 0 Å². The highest BCUT2D eigenvalue weighted by atomic mass is 15.0. The van der Waals surface area contributed by atoms with E-state index in [2.05, 4.69) is 11.9 Å². The SMILES string of the molecule is C=C(N)NC1CC1. The predicted octanol–water partition coefficient (Wildman–Crippen LogP) is 0.168. The van der Waals surface area contributed by atoms with Gasteiger partial charge < -0.3 is 11.1 Å². The van der Waals surface area contributed by atoms with Crippen LogP contribution in [-0.4, -0.2) is 6.04 Å². The first-order chi connectivity index (χ1) is 3.29. The third-order valence-corrected chi connectivity index (χ3v) is 0.967. The van der Waals surface area contributed by atoms with Crippen molar-refractivity contribution < 1.29 is 0 Å². The van der Waals surface area contributed by atoms with Gasteiger partial charge in [-0.15, -0.1) is 0 Å². The average Bonchev–Trinajstić information content (AvgIpc) is 2.17. The molecule has 1 saturated carbocycles. The minimum atomic E-state index is 0.600. The van der Waals surface area contributed by atoms with Gasteiger partial charge in [0, 0.05) is 6.04 Å². The summed E-state index contributed by atoms with van der Waals surface area (Å²) in [6, 6.07) is 0.650. The van der Waals surface area contributed by atoms with Gasteiger partial charge in [-0.2, -0.15) is 0 Å². The van der Waals surface area contributed by atoms with Gasteiger partial charge in [-0.05, 0) is 12.8 Å². The first-order valence-corrected chi connectivity index (χ1v) is 2.50. The van der Waals surface area contributed by atoms with Crippen molar-refractivity contribution in [3.63, 3.8) is 0 Å². The molecule has 2 nitrogen and oxygen atoms in total. The summed E-state index contributed by atoms with van der Waals surface area (Å²) in [4.78, 5) is 0. The summed E-state index contributed by atoms with van der Waals surface area (Å²) in [6.07, 6.45) is 2.52. The molecule has 0 bridgehead atoms. The van der Waals surface area contributed by atoms with Gasteiger partial charge >= 0.3 is 0 Å². The molecule has 0 amide bonds. The fourth-order valence-electron chi connectivity index (χ4n) is 0.490. The minimum absolute atomic E-state index is 0.600. The third-order valence-electron chi connectivity index (χ3n) is 0.967. The molecule has 2 heteroatoms. The zero-order chi connectivity index (χ0) is 5.28. The van der Waals surface area contributed by atoms with E-state index < -0.39 is 0 Å². The van der Waals surface area contributed by atoms with Gasteiger partial charge in [0.1, 0.15) is 0 Å². The topological polar surface area (TPSA) is 38.0 Å². The van der Waals surface area contributed by atoms with Crippen molar-refractivity contribution in [2.75, 3.05) is 0 Å². The monoisotopic (exact) mass is 98.1 g/mol. The maximum absolute atomic E-state index is 5.23. The summed E-state index contributed by atoms with van der Waals surface area (Å²) in [5.74, 6) is 0.600. The first-order valence-electron chi connectivity index (χ1n) is 2.50. The first kappa shape index (κ1) is 4.50. The van der Waals surface area contributed by atoms with Crippen LogP contribution in [0.25, 0.3) is 0 Å². The number of hydrogen-bond acceptors (Lipinski definition) is 2. The fourth-order valence-corrected chi connectivity index (χ4v) is 0.490. The number of rotatable bonds is 2. The summed E-state index contributed by atoms with van der Waals surface area (Å²) in [5.41, 5.74) is 5.23. The van der Waals surface area contributed by atoms with E-state index in [-0.39, 0.29) is 0 Å². The molecule has 7 heavy (non-hydrogen) atoms. The molecule has 0 aromatic rings. The van der Waals surface area contributed by atoms with Crippen LogP contribution in [0.3, 0.4) is 0 Å². The third kappa shape index (κ3) is 1.48. The van der Waals surface area contributed by atoms with E-state index in [1.54, 1.807) is 0 Å². The Labute approximate surface area is 43.4 Å². The molecule has 1 aliphatic carbocycles. The number of nitrogens with one attached hydrogen (secondary N) is 1. The highest BCUT2D eigenvalue weighted by molar-refractivity contribution is 4.93. The van der Waals surface area contributed by atoms with Crippen LogP contribution in [0.4, 0.5) is 0 Å². The summed E-state index contributed by atoms with van der Waals surface area (Å²) in [7, 11) is 0. The predicted molar refractivity (Wildman–Crippen MR) is 29.5 cm³/mol. The molecule has 1 rings (SSSR count). The second-order valence-corrected chi connectivity index (χ2v) is 1.94. The molecule has 0 saturated heterocycles. The Balaban J connectivity index is 2.08. The summed E-state index contributed by atoms with van der Waals surface area (Å²) < 4.78 is 0. The maximum atomic E-state index is 5.23. The van der Waals surface area contributed by atoms with Gasteiger partial charge in [-0.25, -0.2) is 0 Å². The van der Waals surface area contributed by atoms with Crippen molar-refractivity contribution in [3.8, 4) is 0 Å². The van der Waals surface area contributed by atoms with E-state index in [0.717, 1.165) is 0 Å². The van der Waals surface area contributed by atoms with Crippen LogP contribution in [-0.2, 0) is 0 Å². The molecule has 3 N–H and O–H groups in total. The van der Waals surface area contributed by atoms with Gasteiger partial charge in [0.2, 0.25) is 0 Å². The molecule has 1 aliphatic rings. The second kappa shape index (κ2) is 1.45. The second-order valence-electron chi connectivity index (χ2n) is 1.94. The van der Waals surface area contributed by atoms with Crippen molar-refractivity contribution in [3.05, 3.63) is 12.4 Å². The smallest absolute Gasteiger partial charge is 0.0888 e. The van der Waals surface area contributed by atoms with Crippen LogP contribution >= 0.6 is 0 Å². The summed E-state index contributed by atoms with van der Waals surface area (Å²) in [5, 5.41) is 3.00. The summed E-state index contributed by atoms with van der Waals surface area (Å²) >= 11 is 0. The van der Waals surface area contributed by atoms with Gasteiger partial charge in [-0.3, -0.25) is 0 Å². The van der Waals surface area contributed by atoms with Crippen LogP contribution in [0.5, 0.6) is 0 Å². The Morgan fingerprint density at radius 3 is 2.43 bits per heavy atom. The van der Waals surface area contributed by atoms with Crippen LogP contribution in [0.1, 0.15) is 12.8 Å². The molecule has 0 aromatic carbocycles. The Morgan fingerprint density at radius 1 is 1.71 bits per heavy atom. The zero-order valence-corrected chi connectivity index (χ0v) is 4.28. The van der Waals surface area contributed by atoms with Crippen molar-refractivity contribution in [1.82, 2.24) is 5.32 Å². The van der Waals surface area contributed by atoms with Crippen molar-refractivity contribution in [2.45, 2.75) is 18.9 Å². The number of hydrogen-bond donors (Lipinski definition) is 2. The van der Waals surface area contributed by atoms with E-state index in [0.29, 0.717) is 11.9 Å². The largest absolute Gasteiger partial charge is 0.386 e. The summed E-state index contributed by atoms with van der Waals surface area (Å²) in [6.45, 7) is 3.50. The standard InChI is InChI=1S/C5H10N2/c1-4(6)7-5-2-3-5/h5,7H,1-3,6H2. The maximum Gasteiger partial charge on any atom is 0.0888 e. The normalized spacial score (nSPS) is 18.9. The molecule has 0 unspecified atom stereocenters. The Morgan fingerprint density at radius 2 is 2.29 bits per heavy atom. The Bertz CT molecular complexity index is 84.1. The quantitative estimate of drug-likeness (QED) is 0.516.